The van der Waals surface area contributed by atoms with Crippen molar-refractivity contribution in [2.75, 3.05) is 0 Å². The number of amides is 1. The normalized spacial score (nSPS) is 16.9. The highest BCUT2D eigenvalue weighted by Crippen LogP contribution is 2.37. The molecule has 2 aromatic heterocycles. The van der Waals surface area contributed by atoms with Crippen molar-refractivity contribution < 1.29 is 22.4 Å². The molecule has 0 spiro atoms. The lowest BCUT2D eigenvalue weighted by Gasteiger charge is -2.34. The first-order chi connectivity index (χ1) is 13.3. The third kappa shape index (κ3) is 3.05. The van der Waals surface area contributed by atoms with Crippen molar-refractivity contribution in [1.82, 2.24) is 19.7 Å². The van der Waals surface area contributed by atoms with Gasteiger partial charge in [0.15, 0.2) is 17.4 Å². The molecular formula is C18H14ClF3N4O2. The fourth-order valence-corrected chi connectivity index (χ4v) is 3.56. The van der Waals surface area contributed by atoms with Crippen LogP contribution in [0.5, 0.6) is 0 Å². The molecule has 146 valence electrons. The Morgan fingerprint density at radius 3 is 2.71 bits per heavy atom. The second-order valence-electron chi connectivity index (χ2n) is 6.47. The number of fused-ring (bicyclic) bond motifs is 1. The van der Waals surface area contributed by atoms with Gasteiger partial charge in [-0.25, -0.2) is 0 Å². The lowest BCUT2D eigenvalue weighted by Crippen LogP contribution is -2.45. The highest BCUT2D eigenvalue weighted by Gasteiger charge is 2.37. The van der Waals surface area contributed by atoms with Crippen LogP contribution in [-0.4, -0.2) is 31.6 Å². The number of furan rings is 1. The van der Waals surface area contributed by atoms with E-state index in [-0.39, 0.29) is 18.2 Å². The number of halogens is 4. The average molecular weight is 411 g/mol. The molecule has 1 amide bonds. The Morgan fingerprint density at radius 1 is 1.25 bits per heavy atom. The topological polar surface area (TPSA) is 64.2 Å². The highest BCUT2D eigenvalue weighted by molar-refractivity contribution is 6.34. The Morgan fingerprint density at radius 2 is 2.04 bits per heavy atom. The van der Waals surface area contributed by atoms with Crippen LogP contribution in [0.15, 0.2) is 41.0 Å². The summed E-state index contributed by atoms with van der Waals surface area (Å²) in [7, 11) is 0. The van der Waals surface area contributed by atoms with Gasteiger partial charge in [0.25, 0.3) is 5.91 Å². The fraction of sp³-hybridized carbons (Fsp3) is 0.278. The van der Waals surface area contributed by atoms with Gasteiger partial charge in [-0.05, 0) is 31.2 Å². The Hall–Kier alpha value is -2.81. The minimum Gasteiger partial charge on any atom is -0.461 e. The molecule has 0 unspecified atom stereocenters. The second-order valence-corrected chi connectivity index (χ2v) is 6.85. The second kappa shape index (κ2) is 6.66. The summed E-state index contributed by atoms with van der Waals surface area (Å²) in [6, 6.07) is 6.49. The lowest BCUT2D eigenvalue weighted by molar-refractivity contribution is -0.137. The number of carbonyl (C=O) groups excluding carboxylic acids is 1. The summed E-state index contributed by atoms with van der Waals surface area (Å²) >= 11 is 5.91. The molecule has 0 saturated heterocycles. The standard InChI is InChI=1S/C18H14ClF3N4O2/c1-10-8-26-14(23-24-16(26)13-6-3-7-28-13)9-25(10)17(27)11-4-2-5-12(15(11)19)18(20,21)22/h2-7,10H,8-9H2,1H3/t10-/m0/s1. The summed E-state index contributed by atoms with van der Waals surface area (Å²) < 4.78 is 46.5. The zero-order chi connectivity index (χ0) is 20.1. The van der Waals surface area contributed by atoms with Crippen molar-refractivity contribution in [2.24, 2.45) is 0 Å². The van der Waals surface area contributed by atoms with Crippen molar-refractivity contribution in [3.05, 3.63) is 58.6 Å². The summed E-state index contributed by atoms with van der Waals surface area (Å²) in [5.74, 6) is 1.01. The van der Waals surface area contributed by atoms with Crippen LogP contribution in [0.3, 0.4) is 0 Å². The van der Waals surface area contributed by atoms with Gasteiger partial charge in [-0.2, -0.15) is 13.2 Å². The molecule has 10 heteroatoms. The minimum atomic E-state index is -4.64. The van der Waals surface area contributed by atoms with E-state index in [2.05, 4.69) is 10.2 Å². The Kier molecular flexibility index (Phi) is 4.41. The van der Waals surface area contributed by atoms with E-state index in [0.717, 1.165) is 6.07 Å². The summed E-state index contributed by atoms with van der Waals surface area (Å²) in [4.78, 5) is 14.4. The summed E-state index contributed by atoms with van der Waals surface area (Å²) in [5.41, 5.74) is -1.23. The zero-order valence-corrected chi connectivity index (χ0v) is 15.3. The van der Waals surface area contributed by atoms with Crippen LogP contribution in [0.25, 0.3) is 11.6 Å². The van der Waals surface area contributed by atoms with Gasteiger partial charge in [0.05, 0.1) is 29.0 Å². The quantitative estimate of drug-likeness (QED) is 0.633. The number of aromatic nitrogens is 3. The molecule has 0 saturated carbocycles. The molecule has 1 atom stereocenters. The van der Waals surface area contributed by atoms with Crippen LogP contribution in [0.4, 0.5) is 13.2 Å². The smallest absolute Gasteiger partial charge is 0.417 e. The van der Waals surface area contributed by atoms with Crippen LogP contribution in [0.2, 0.25) is 5.02 Å². The van der Waals surface area contributed by atoms with Gasteiger partial charge >= 0.3 is 6.18 Å². The number of hydrogen-bond donors (Lipinski definition) is 0. The lowest BCUT2D eigenvalue weighted by atomic mass is 10.1. The van der Waals surface area contributed by atoms with Crippen LogP contribution in [0.1, 0.15) is 28.7 Å². The molecule has 0 bridgehead atoms. The van der Waals surface area contributed by atoms with Gasteiger partial charge in [0, 0.05) is 12.6 Å². The predicted molar refractivity (Wildman–Crippen MR) is 93.5 cm³/mol. The van der Waals surface area contributed by atoms with E-state index in [1.54, 1.807) is 19.1 Å². The molecule has 3 heterocycles. The van der Waals surface area contributed by atoms with Crippen molar-refractivity contribution in [1.29, 1.82) is 0 Å². The van der Waals surface area contributed by atoms with E-state index in [9.17, 15) is 18.0 Å². The minimum absolute atomic E-state index is 0.0975. The third-order valence-electron chi connectivity index (χ3n) is 4.65. The van der Waals surface area contributed by atoms with Crippen LogP contribution in [0, 0.1) is 0 Å². The van der Waals surface area contributed by atoms with E-state index >= 15 is 0 Å². The van der Waals surface area contributed by atoms with E-state index in [1.165, 1.54) is 23.3 Å². The first-order valence-corrected chi connectivity index (χ1v) is 8.78. The average Bonchev–Trinajstić information content (AvgIpc) is 3.28. The summed E-state index contributed by atoms with van der Waals surface area (Å²) in [6.07, 6.45) is -3.12. The van der Waals surface area contributed by atoms with Crippen LogP contribution >= 0.6 is 11.6 Å². The maximum Gasteiger partial charge on any atom is 0.417 e. The number of carbonyl (C=O) groups is 1. The summed E-state index contributed by atoms with van der Waals surface area (Å²) in [6.45, 7) is 2.27. The molecule has 0 aliphatic carbocycles. The fourth-order valence-electron chi connectivity index (χ4n) is 3.25. The Labute approximate surface area is 162 Å². The number of alkyl halides is 3. The summed E-state index contributed by atoms with van der Waals surface area (Å²) in [5, 5.41) is 7.61. The number of nitrogens with zero attached hydrogens (tertiary/aromatic N) is 4. The largest absolute Gasteiger partial charge is 0.461 e. The molecule has 1 aliphatic heterocycles. The number of rotatable bonds is 2. The molecular weight excluding hydrogens is 397 g/mol. The molecule has 6 nitrogen and oxygen atoms in total. The van der Waals surface area contributed by atoms with E-state index in [0.29, 0.717) is 24.0 Å². The van der Waals surface area contributed by atoms with Crippen molar-refractivity contribution in [2.45, 2.75) is 32.2 Å². The van der Waals surface area contributed by atoms with E-state index in [1.807, 2.05) is 4.57 Å². The monoisotopic (exact) mass is 410 g/mol. The van der Waals surface area contributed by atoms with E-state index in [4.69, 9.17) is 16.0 Å². The maximum absolute atomic E-state index is 13.1. The molecule has 0 fully saturated rings. The Bertz CT molecular complexity index is 1030. The predicted octanol–water partition coefficient (Wildman–Crippen LogP) is 4.25. The van der Waals surface area contributed by atoms with Gasteiger partial charge in [-0.3, -0.25) is 4.79 Å². The molecule has 3 aromatic rings. The van der Waals surface area contributed by atoms with Crippen LogP contribution < -0.4 is 0 Å². The van der Waals surface area contributed by atoms with Crippen molar-refractivity contribution in [3.63, 3.8) is 0 Å². The van der Waals surface area contributed by atoms with E-state index < -0.39 is 22.7 Å². The molecule has 4 rings (SSSR count). The SMILES string of the molecule is C[C@H]1Cn2c(nnc2-c2ccco2)CN1C(=O)c1cccc(C(F)(F)F)c1Cl. The third-order valence-corrected chi connectivity index (χ3v) is 5.06. The first-order valence-electron chi connectivity index (χ1n) is 8.40. The molecule has 0 radical (unpaired) electrons. The molecule has 1 aliphatic rings. The zero-order valence-electron chi connectivity index (χ0n) is 14.6. The van der Waals surface area contributed by atoms with Gasteiger partial charge in [0.1, 0.15) is 0 Å². The van der Waals surface area contributed by atoms with Crippen LogP contribution in [-0.2, 0) is 19.3 Å². The number of hydrogen-bond acceptors (Lipinski definition) is 4. The van der Waals surface area contributed by atoms with Gasteiger partial charge in [-0.1, -0.05) is 17.7 Å². The molecule has 0 N–H and O–H groups in total. The molecule has 1 aromatic carbocycles. The maximum atomic E-state index is 13.1. The van der Waals surface area contributed by atoms with Gasteiger partial charge < -0.3 is 13.9 Å². The highest BCUT2D eigenvalue weighted by atomic mass is 35.5. The van der Waals surface area contributed by atoms with Gasteiger partial charge in [-0.15, -0.1) is 10.2 Å². The molecule has 28 heavy (non-hydrogen) atoms. The van der Waals surface area contributed by atoms with Crippen molar-refractivity contribution >= 4 is 17.5 Å². The first kappa shape index (κ1) is 18.5. The van der Waals surface area contributed by atoms with Crippen molar-refractivity contribution in [3.8, 4) is 11.6 Å². The number of benzene rings is 1. The Balaban J connectivity index is 1.66. The van der Waals surface area contributed by atoms with Gasteiger partial charge in [0.2, 0.25) is 0 Å².